The predicted octanol–water partition coefficient (Wildman–Crippen LogP) is 4.15. The molecule has 1 aromatic carbocycles. The second-order valence-corrected chi connectivity index (χ2v) is 6.21. The van der Waals surface area contributed by atoms with Crippen LogP contribution in [-0.2, 0) is 0 Å². The molecule has 1 aliphatic carbocycles. The summed E-state index contributed by atoms with van der Waals surface area (Å²) in [4.78, 5) is 0. The fourth-order valence-corrected chi connectivity index (χ4v) is 3.91. The van der Waals surface area contributed by atoms with Crippen LogP contribution in [-0.4, -0.2) is 13.1 Å². The average molecular weight is 267 g/mol. The molecule has 20 heavy (non-hydrogen) atoms. The lowest BCUT2D eigenvalue weighted by molar-refractivity contribution is 0.271. The Balaban J connectivity index is 1.88. The van der Waals surface area contributed by atoms with Gasteiger partial charge >= 0.3 is 0 Å². The lowest BCUT2D eigenvalue weighted by Gasteiger charge is -2.35. The van der Waals surface area contributed by atoms with E-state index in [2.05, 4.69) is 66.9 Å². The van der Waals surface area contributed by atoms with E-state index in [0.717, 1.165) is 19.0 Å². The van der Waals surface area contributed by atoms with Crippen molar-refractivity contribution < 1.29 is 0 Å². The first-order chi connectivity index (χ1) is 9.86. The average Bonchev–Trinajstić information content (AvgIpc) is 2.74. The number of nitrogens with one attached hydrogen (secondary N) is 1. The molecule has 0 radical (unpaired) electrons. The van der Waals surface area contributed by atoms with Gasteiger partial charge in [0.1, 0.15) is 0 Å². The Kier molecular flexibility index (Phi) is 4.37. The Bertz CT molecular complexity index is 474. The van der Waals surface area contributed by atoms with Crippen molar-refractivity contribution in [3.63, 3.8) is 0 Å². The summed E-state index contributed by atoms with van der Waals surface area (Å²) in [5.41, 5.74) is 1.52. The highest BCUT2D eigenvalue weighted by molar-refractivity contribution is 5.23. The van der Waals surface area contributed by atoms with Crippen LogP contribution in [0.25, 0.3) is 0 Å². The molecular formula is C19H25N. The Morgan fingerprint density at radius 3 is 2.50 bits per heavy atom. The highest BCUT2D eigenvalue weighted by Crippen LogP contribution is 2.41. The maximum atomic E-state index is 3.59. The molecule has 4 atom stereocenters. The van der Waals surface area contributed by atoms with E-state index in [1.165, 1.54) is 18.4 Å². The first-order valence-corrected chi connectivity index (χ1v) is 7.97. The van der Waals surface area contributed by atoms with Gasteiger partial charge in [0.25, 0.3) is 0 Å². The van der Waals surface area contributed by atoms with Crippen molar-refractivity contribution >= 4 is 0 Å². The Morgan fingerprint density at radius 1 is 0.950 bits per heavy atom. The monoisotopic (exact) mass is 267 g/mol. The van der Waals surface area contributed by atoms with Crippen molar-refractivity contribution in [1.82, 2.24) is 5.32 Å². The zero-order chi connectivity index (χ0) is 13.8. The highest BCUT2D eigenvalue weighted by Gasteiger charge is 2.32. The molecule has 4 unspecified atom stereocenters. The highest BCUT2D eigenvalue weighted by atomic mass is 14.9. The van der Waals surface area contributed by atoms with Gasteiger partial charge in [-0.05, 0) is 55.2 Å². The van der Waals surface area contributed by atoms with E-state index in [4.69, 9.17) is 0 Å². The molecule has 1 heteroatoms. The van der Waals surface area contributed by atoms with Crippen LogP contribution in [0.15, 0.2) is 54.6 Å². The van der Waals surface area contributed by atoms with E-state index in [1.54, 1.807) is 0 Å². The minimum atomic E-state index is 0.661. The SMILES string of the molecule is CC1C=CC=CC1C1CCNCCC1c1ccccc1. The quantitative estimate of drug-likeness (QED) is 0.849. The first-order valence-electron chi connectivity index (χ1n) is 7.97. The van der Waals surface area contributed by atoms with Crippen molar-refractivity contribution in [3.8, 4) is 0 Å². The van der Waals surface area contributed by atoms with E-state index in [0.29, 0.717) is 17.8 Å². The van der Waals surface area contributed by atoms with Crippen LogP contribution in [0, 0.1) is 17.8 Å². The maximum absolute atomic E-state index is 3.59. The molecule has 1 nitrogen and oxygen atoms in total. The van der Waals surface area contributed by atoms with E-state index in [-0.39, 0.29) is 0 Å². The molecule has 1 aromatic rings. The van der Waals surface area contributed by atoms with Gasteiger partial charge in [-0.2, -0.15) is 0 Å². The van der Waals surface area contributed by atoms with Crippen LogP contribution in [0.3, 0.4) is 0 Å². The van der Waals surface area contributed by atoms with E-state index >= 15 is 0 Å². The van der Waals surface area contributed by atoms with Gasteiger partial charge in [-0.15, -0.1) is 0 Å². The summed E-state index contributed by atoms with van der Waals surface area (Å²) in [5, 5.41) is 3.59. The Morgan fingerprint density at radius 2 is 1.70 bits per heavy atom. The van der Waals surface area contributed by atoms with Gasteiger partial charge in [0.05, 0.1) is 0 Å². The topological polar surface area (TPSA) is 12.0 Å². The third-order valence-corrected chi connectivity index (χ3v) is 4.99. The van der Waals surface area contributed by atoms with E-state index in [1.807, 2.05) is 0 Å². The number of benzene rings is 1. The van der Waals surface area contributed by atoms with Gasteiger partial charge in [0, 0.05) is 0 Å². The van der Waals surface area contributed by atoms with Crippen molar-refractivity contribution in [2.24, 2.45) is 17.8 Å². The maximum Gasteiger partial charge on any atom is -0.00430 e. The minimum absolute atomic E-state index is 0.661. The molecule has 106 valence electrons. The van der Waals surface area contributed by atoms with Crippen LogP contribution < -0.4 is 5.32 Å². The molecule has 1 fully saturated rings. The molecule has 0 amide bonds. The van der Waals surface area contributed by atoms with Gasteiger partial charge in [0.15, 0.2) is 0 Å². The first kappa shape index (κ1) is 13.6. The molecule has 0 saturated carbocycles. The number of hydrogen-bond donors (Lipinski definition) is 1. The van der Waals surface area contributed by atoms with Crippen molar-refractivity contribution in [3.05, 3.63) is 60.2 Å². The van der Waals surface area contributed by atoms with Gasteiger partial charge in [-0.1, -0.05) is 61.6 Å². The summed E-state index contributed by atoms with van der Waals surface area (Å²) >= 11 is 0. The molecule has 0 spiro atoms. The van der Waals surface area contributed by atoms with E-state index in [9.17, 15) is 0 Å². The second-order valence-electron chi connectivity index (χ2n) is 6.21. The van der Waals surface area contributed by atoms with Crippen molar-refractivity contribution in [1.29, 1.82) is 0 Å². The van der Waals surface area contributed by atoms with Crippen LogP contribution in [0.1, 0.15) is 31.2 Å². The molecular weight excluding hydrogens is 242 g/mol. The van der Waals surface area contributed by atoms with Gasteiger partial charge in [-0.25, -0.2) is 0 Å². The number of hydrogen-bond acceptors (Lipinski definition) is 1. The molecule has 2 aliphatic rings. The molecule has 1 heterocycles. The van der Waals surface area contributed by atoms with Crippen LogP contribution in [0.5, 0.6) is 0 Å². The molecule has 1 N–H and O–H groups in total. The lowest BCUT2D eigenvalue weighted by Crippen LogP contribution is -2.26. The number of allylic oxidation sites excluding steroid dienone is 4. The van der Waals surface area contributed by atoms with Crippen molar-refractivity contribution in [2.45, 2.75) is 25.7 Å². The van der Waals surface area contributed by atoms with Crippen molar-refractivity contribution in [2.75, 3.05) is 13.1 Å². The Hall–Kier alpha value is -1.34. The summed E-state index contributed by atoms with van der Waals surface area (Å²) in [6, 6.07) is 11.1. The second kappa shape index (κ2) is 6.41. The van der Waals surface area contributed by atoms with E-state index < -0.39 is 0 Å². The summed E-state index contributed by atoms with van der Waals surface area (Å²) in [5.74, 6) is 2.79. The third-order valence-electron chi connectivity index (χ3n) is 4.99. The fraction of sp³-hybridized carbons (Fsp3) is 0.474. The summed E-state index contributed by atoms with van der Waals surface area (Å²) in [6.07, 6.45) is 11.8. The van der Waals surface area contributed by atoms with Gasteiger partial charge in [-0.3, -0.25) is 0 Å². The summed E-state index contributed by atoms with van der Waals surface area (Å²) < 4.78 is 0. The zero-order valence-corrected chi connectivity index (χ0v) is 12.3. The molecule has 0 bridgehead atoms. The molecule has 1 aliphatic heterocycles. The standard InChI is InChI=1S/C19H25N/c1-15-7-5-6-10-17(15)19-12-14-20-13-11-18(19)16-8-3-2-4-9-16/h2-10,15,17-20H,11-14H2,1H3. The lowest BCUT2D eigenvalue weighted by atomic mass is 9.70. The van der Waals surface area contributed by atoms with Crippen LogP contribution >= 0.6 is 0 Å². The third kappa shape index (κ3) is 2.88. The van der Waals surface area contributed by atoms with Crippen LogP contribution in [0.2, 0.25) is 0 Å². The predicted molar refractivity (Wildman–Crippen MR) is 85.7 cm³/mol. The number of rotatable bonds is 2. The largest absolute Gasteiger partial charge is 0.317 e. The zero-order valence-electron chi connectivity index (χ0n) is 12.3. The fourth-order valence-electron chi connectivity index (χ4n) is 3.91. The normalized spacial score (nSPS) is 33.9. The Labute approximate surface area is 122 Å². The van der Waals surface area contributed by atoms with Crippen LogP contribution in [0.4, 0.5) is 0 Å². The molecule has 1 saturated heterocycles. The van der Waals surface area contributed by atoms with Gasteiger partial charge < -0.3 is 5.32 Å². The summed E-state index contributed by atoms with van der Waals surface area (Å²) in [7, 11) is 0. The summed E-state index contributed by atoms with van der Waals surface area (Å²) in [6.45, 7) is 4.68. The molecule has 0 aromatic heterocycles. The van der Waals surface area contributed by atoms with Gasteiger partial charge in [0.2, 0.25) is 0 Å². The molecule has 3 rings (SSSR count). The minimum Gasteiger partial charge on any atom is -0.317 e. The smallest absolute Gasteiger partial charge is 0.00430 e.